The lowest BCUT2D eigenvalue weighted by atomic mass is 9.90. The smallest absolute Gasteiger partial charge is 0.254 e. The molecule has 1 amide bonds. The van der Waals surface area contributed by atoms with E-state index in [0.29, 0.717) is 12.6 Å². The van der Waals surface area contributed by atoms with Crippen molar-refractivity contribution in [1.29, 1.82) is 0 Å². The van der Waals surface area contributed by atoms with Crippen molar-refractivity contribution in [3.8, 4) is 0 Å². The van der Waals surface area contributed by atoms with Crippen LogP contribution in [0.4, 0.5) is 0 Å². The van der Waals surface area contributed by atoms with Gasteiger partial charge in [-0.25, -0.2) is 0 Å². The minimum atomic E-state index is -0.718. The number of hydrogen-bond donors (Lipinski definition) is 1. The predicted molar refractivity (Wildman–Crippen MR) is 64.1 cm³/mol. The van der Waals surface area contributed by atoms with Crippen LogP contribution in [-0.2, 0) is 9.53 Å². The maximum atomic E-state index is 12.3. The highest BCUT2D eigenvalue weighted by Crippen LogP contribution is 2.27. The Hall–Kier alpha value is -0.610. The number of nitrogens with zero attached hydrogens (tertiary/aromatic N) is 1. The third-order valence-corrected chi connectivity index (χ3v) is 3.40. The topological polar surface area (TPSA) is 55.6 Å². The maximum Gasteiger partial charge on any atom is 0.254 e. The van der Waals surface area contributed by atoms with E-state index in [9.17, 15) is 4.79 Å². The number of ether oxygens (including phenoxy) is 1. The lowest BCUT2D eigenvalue weighted by Crippen LogP contribution is -2.53. The van der Waals surface area contributed by atoms with Gasteiger partial charge in [0, 0.05) is 19.7 Å². The van der Waals surface area contributed by atoms with E-state index >= 15 is 0 Å². The largest absolute Gasteiger partial charge is 0.369 e. The fraction of sp³-hybridized carbons (Fsp3) is 0.917. The Balaban J connectivity index is 2.63. The van der Waals surface area contributed by atoms with Crippen LogP contribution in [0.25, 0.3) is 0 Å². The third kappa shape index (κ3) is 2.95. The van der Waals surface area contributed by atoms with Gasteiger partial charge < -0.3 is 15.4 Å². The Bertz CT molecular complexity index is 237. The van der Waals surface area contributed by atoms with Crippen LogP contribution in [-0.4, -0.2) is 42.6 Å². The number of carbonyl (C=O) groups is 1. The van der Waals surface area contributed by atoms with E-state index < -0.39 is 5.60 Å². The van der Waals surface area contributed by atoms with Crippen molar-refractivity contribution in [2.24, 2.45) is 5.73 Å². The van der Waals surface area contributed by atoms with Crippen LogP contribution in [0, 0.1) is 0 Å². The first kappa shape index (κ1) is 13.5. The summed E-state index contributed by atoms with van der Waals surface area (Å²) in [7, 11) is 1.58. The summed E-state index contributed by atoms with van der Waals surface area (Å²) in [6.07, 6.45) is 4.33. The van der Waals surface area contributed by atoms with Crippen LogP contribution in [0.15, 0.2) is 0 Å². The average molecular weight is 228 g/mol. The van der Waals surface area contributed by atoms with Crippen molar-refractivity contribution in [3.05, 3.63) is 0 Å². The van der Waals surface area contributed by atoms with Crippen molar-refractivity contribution >= 4 is 5.91 Å². The molecule has 0 bridgehead atoms. The zero-order chi connectivity index (χ0) is 12.2. The van der Waals surface area contributed by atoms with Gasteiger partial charge in [0.2, 0.25) is 0 Å². The zero-order valence-electron chi connectivity index (χ0n) is 10.7. The summed E-state index contributed by atoms with van der Waals surface area (Å²) >= 11 is 0. The van der Waals surface area contributed by atoms with Crippen LogP contribution in [0.2, 0.25) is 0 Å². The molecule has 1 rings (SSSR count). The highest BCUT2D eigenvalue weighted by atomic mass is 16.5. The first-order valence-corrected chi connectivity index (χ1v) is 6.09. The Labute approximate surface area is 98.1 Å². The molecule has 0 radical (unpaired) electrons. The molecule has 0 spiro atoms. The lowest BCUT2D eigenvalue weighted by molar-refractivity contribution is -0.155. The van der Waals surface area contributed by atoms with Gasteiger partial charge >= 0.3 is 0 Å². The number of carbonyl (C=O) groups excluding carboxylic acids is 1. The molecular formula is C12H24N2O2. The second-order valence-corrected chi connectivity index (χ2v) is 4.94. The molecule has 0 aliphatic heterocycles. The molecule has 1 saturated carbocycles. The van der Waals surface area contributed by atoms with E-state index in [2.05, 4.69) is 0 Å². The van der Waals surface area contributed by atoms with Crippen LogP contribution in [0.1, 0.15) is 39.5 Å². The molecule has 4 nitrogen and oxygen atoms in total. The van der Waals surface area contributed by atoms with Crippen LogP contribution >= 0.6 is 0 Å². The van der Waals surface area contributed by atoms with Crippen LogP contribution in [0.3, 0.4) is 0 Å². The highest BCUT2D eigenvalue weighted by molar-refractivity contribution is 5.84. The molecular weight excluding hydrogens is 204 g/mol. The van der Waals surface area contributed by atoms with E-state index in [1.165, 1.54) is 6.42 Å². The Kier molecular flexibility index (Phi) is 4.74. The number of nitrogens with two attached hydrogens (primary N) is 1. The second-order valence-electron chi connectivity index (χ2n) is 4.94. The monoisotopic (exact) mass is 228 g/mol. The molecule has 0 atom stereocenters. The molecule has 1 aliphatic carbocycles. The number of amides is 1. The summed E-state index contributed by atoms with van der Waals surface area (Å²) in [5.74, 6) is 0.0909. The number of methoxy groups -OCH3 is 1. The van der Waals surface area contributed by atoms with Gasteiger partial charge in [0.05, 0.1) is 0 Å². The molecule has 1 fully saturated rings. The SMILES string of the molecule is COC(C)(C)C(=O)N(CCCN)C1CCC1. The zero-order valence-corrected chi connectivity index (χ0v) is 10.7. The van der Waals surface area contributed by atoms with Crippen LogP contribution < -0.4 is 5.73 Å². The predicted octanol–water partition coefficient (Wildman–Crippen LogP) is 1.14. The fourth-order valence-corrected chi connectivity index (χ4v) is 1.84. The van der Waals surface area contributed by atoms with Crippen LogP contribution in [0.5, 0.6) is 0 Å². The molecule has 0 aromatic carbocycles. The minimum absolute atomic E-state index is 0.0909. The lowest BCUT2D eigenvalue weighted by Gasteiger charge is -2.41. The van der Waals surface area contributed by atoms with E-state index in [4.69, 9.17) is 10.5 Å². The Morgan fingerprint density at radius 1 is 1.50 bits per heavy atom. The summed E-state index contributed by atoms with van der Waals surface area (Å²) in [4.78, 5) is 14.3. The third-order valence-electron chi connectivity index (χ3n) is 3.40. The van der Waals surface area contributed by atoms with E-state index in [-0.39, 0.29) is 5.91 Å². The van der Waals surface area contributed by atoms with E-state index in [1.807, 2.05) is 18.7 Å². The molecule has 0 heterocycles. The summed E-state index contributed by atoms with van der Waals surface area (Å²) in [6, 6.07) is 0.411. The molecule has 16 heavy (non-hydrogen) atoms. The quantitative estimate of drug-likeness (QED) is 0.741. The van der Waals surface area contributed by atoms with Gasteiger partial charge in [-0.15, -0.1) is 0 Å². The Morgan fingerprint density at radius 2 is 2.12 bits per heavy atom. The molecule has 0 aromatic rings. The van der Waals surface area contributed by atoms with Crippen molar-refractivity contribution in [3.63, 3.8) is 0 Å². The average Bonchev–Trinajstić information content (AvgIpc) is 2.20. The van der Waals surface area contributed by atoms with E-state index in [1.54, 1.807) is 7.11 Å². The summed E-state index contributed by atoms with van der Waals surface area (Å²) in [5.41, 5.74) is 4.79. The van der Waals surface area contributed by atoms with Gasteiger partial charge in [0.1, 0.15) is 5.60 Å². The molecule has 0 aromatic heterocycles. The first-order chi connectivity index (χ1) is 7.53. The summed E-state index contributed by atoms with van der Waals surface area (Å²) in [6.45, 7) is 5.03. The van der Waals surface area contributed by atoms with Gasteiger partial charge in [-0.2, -0.15) is 0 Å². The van der Waals surface area contributed by atoms with Gasteiger partial charge in [-0.3, -0.25) is 4.79 Å². The van der Waals surface area contributed by atoms with Gasteiger partial charge in [0.15, 0.2) is 0 Å². The van der Waals surface area contributed by atoms with Gasteiger partial charge in [0.25, 0.3) is 5.91 Å². The fourth-order valence-electron chi connectivity index (χ4n) is 1.84. The van der Waals surface area contributed by atoms with Gasteiger partial charge in [-0.05, 0) is 46.1 Å². The Morgan fingerprint density at radius 3 is 2.50 bits per heavy atom. The van der Waals surface area contributed by atoms with Crippen molar-refractivity contribution in [1.82, 2.24) is 4.90 Å². The van der Waals surface area contributed by atoms with Gasteiger partial charge in [-0.1, -0.05) is 0 Å². The summed E-state index contributed by atoms with van der Waals surface area (Å²) in [5, 5.41) is 0. The maximum absolute atomic E-state index is 12.3. The normalized spacial score (nSPS) is 17.0. The molecule has 1 aliphatic rings. The molecule has 94 valence electrons. The second kappa shape index (κ2) is 5.64. The number of hydrogen-bond acceptors (Lipinski definition) is 3. The van der Waals surface area contributed by atoms with Crippen molar-refractivity contribution < 1.29 is 9.53 Å². The first-order valence-electron chi connectivity index (χ1n) is 6.09. The highest BCUT2D eigenvalue weighted by Gasteiger charge is 2.36. The van der Waals surface area contributed by atoms with Crippen molar-refractivity contribution in [2.75, 3.05) is 20.2 Å². The molecule has 4 heteroatoms. The standard InChI is InChI=1S/C12H24N2O2/c1-12(2,16-3)11(15)14(9-5-8-13)10-6-4-7-10/h10H,4-9,13H2,1-3H3. The summed E-state index contributed by atoms with van der Waals surface area (Å²) < 4.78 is 5.26. The molecule has 0 unspecified atom stereocenters. The molecule has 2 N–H and O–H groups in total. The minimum Gasteiger partial charge on any atom is -0.369 e. The van der Waals surface area contributed by atoms with E-state index in [0.717, 1.165) is 25.8 Å². The number of rotatable bonds is 6. The van der Waals surface area contributed by atoms with Crippen molar-refractivity contribution in [2.45, 2.75) is 51.2 Å². The molecule has 0 saturated heterocycles.